The van der Waals surface area contributed by atoms with Gasteiger partial charge in [-0.25, -0.2) is 4.98 Å². The van der Waals surface area contributed by atoms with E-state index in [1.54, 1.807) is 31.5 Å². The summed E-state index contributed by atoms with van der Waals surface area (Å²) in [6.45, 7) is 2.02. The Labute approximate surface area is 195 Å². The number of thiazole rings is 1. The van der Waals surface area contributed by atoms with Gasteiger partial charge < -0.3 is 14.2 Å². The highest BCUT2D eigenvalue weighted by molar-refractivity contribution is 7.22. The predicted molar refractivity (Wildman–Crippen MR) is 131 cm³/mol. The van der Waals surface area contributed by atoms with Crippen molar-refractivity contribution in [2.24, 2.45) is 5.10 Å². The molecule has 1 heterocycles. The molecule has 0 aliphatic carbocycles. The number of aryl methyl sites for hydroxylation is 1. The zero-order valence-electron chi connectivity index (χ0n) is 18.7. The molecule has 0 aliphatic heterocycles. The average molecular weight is 462 g/mol. The van der Waals surface area contributed by atoms with E-state index in [1.807, 2.05) is 49.4 Å². The minimum atomic E-state index is -0.360. The van der Waals surface area contributed by atoms with Gasteiger partial charge in [0.05, 0.1) is 37.8 Å². The van der Waals surface area contributed by atoms with Crippen molar-refractivity contribution in [3.63, 3.8) is 0 Å². The van der Waals surface area contributed by atoms with Gasteiger partial charge in [0.2, 0.25) is 5.13 Å². The Morgan fingerprint density at radius 3 is 2.21 bits per heavy atom. The number of hydrogen-bond acceptors (Lipinski definition) is 7. The third-order valence-electron chi connectivity index (χ3n) is 4.96. The van der Waals surface area contributed by atoms with E-state index in [4.69, 9.17) is 14.2 Å². The molecule has 0 spiro atoms. The van der Waals surface area contributed by atoms with Crippen molar-refractivity contribution < 1.29 is 19.0 Å². The number of benzene rings is 3. The van der Waals surface area contributed by atoms with Crippen LogP contribution < -0.4 is 19.2 Å². The Balaban J connectivity index is 1.78. The molecule has 8 heteroatoms. The fraction of sp³-hybridized carbons (Fsp3) is 0.160. The van der Waals surface area contributed by atoms with Gasteiger partial charge in [-0.1, -0.05) is 41.2 Å². The van der Waals surface area contributed by atoms with Gasteiger partial charge in [-0.05, 0) is 42.8 Å². The number of carbonyl (C=O) groups is 1. The molecule has 0 unspecified atom stereocenters. The summed E-state index contributed by atoms with van der Waals surface area (Å²) in [5.41, 5.74) is 3.12. The second-order valence-corrected chi connectivity index (χ2v) is 8.21. The maximum Gasteiger partial charge on any atom is 0.281 e. The first-order chi connectivity index (χ1) is 16.0. The standard InChI is InChI=1S/C25H23N3O4S/c1-16-5-7-17(8-6-16)15-26-28(24(29)18-11-20(31-3)13-21(12-18)32-4)25-27-22-10-9-19(30-2)14-23(22)33-25/h5-15H,1-4H3/b26-15+. The third-order valence-corrected chi connectivity index (χ3v) is 5.95. The number of methoxy groups -OCH3 is 3. The normalized spacial score (nSPS) is 11.0. The molecule has 1 aromatic heterocycles. The van der Waals surface area contributed by atoms with Gasteiger partial charge in [-0.3, -0.25) is 4.79 Å². The molecule has 0 saturated carbocycles. The van der Waals surface area contributed by atoms with Crippen LogP contribution in [0.1, 0.15) is 21.5 Å². The van der Waals surface area contributed by atoms with E-state index >= 15 is 0 Å². The molecule has 0 aliphatic rings. The number of hydrazone groups is 1. The zero-order valence-corrected chi connectivity index (χ0v) is 19.6. The summed E-state index contributed by atoms with van der Waals surface area (Å²) in [5, 5.41) is 6.25. The van der Waals surface area contributed by atoms with Crippen LogP contribution in [-0.4, -0.2) is 38.4 Å². The molecule has 0 N–H and O–H groups in total. The summed E-state index contributed by atoms with van der Waals surface area (Å²) in [5.74, 6) is 1.38. The third kappa shape index (κ3) is 4.96. The van der Waals surface area contributed by atoms with Crippen LogP contribution in [0.2, 0.25) is 0 Å². The summed E-state index contributed by atoms with van der Waals surface area (Å²) in [4.78, 5) is 18.2. The van der Waals surface area contributed by atoms with Crippen LogP contribution in [0.5, 0.6) is 17.2 Å². The van der Waals surface area contributed by atoms with Crippen molar-refractivity contribution in [2.45, 2.75) is 6.92 Å². The molecule has 0 radical (unpaired) electrons. The minimum Gasteiger partial charge on any atom is -0.497 e. The first-order valence-electron chi connectivity index (χ1n) is 10.1. The number of ether oxygens (including phenoxy) is 3. The molecule has 7 nitrogen and oxygen atoms in total. The van der Waals surface area contributed by atoms with Gasteiger partial charge >= 0.3 is 0 Å². The van der Waals surface area contributed by atoms with E-state index in [0.29, 0.717) is 22.2 Å². The average Bonchev–Trinajstić information content (AvgIpc) is 3.27. The van der Waals surface area contributed by atoms with Crippen molar-refractivity contribution in [1.29, 1.82) is 0 Å². The fourth-order valence-electron chi connectivity index (χ4n) is 3.13. The van der Waals surface area contributed by atoms with Gasteiger partial charge in [-0.2, -0.15) is 10.1 Å². The maximum atomic E-state index is 13.6. The number of aromatic nitrogens is 1. The van der Waals surface area contributed by atoms with E-state index < -0.39 is 0 Å². The molecule has 0 fully saturated rings. The Morgan fingerprint density at radius 2 is 1.58 bits per heavy atom. The molecule has 168 valence electrons. The van der Waals surface area contributed by atoms with Crippen molar-refractivity contribution in [1.82, 2.24) is 4.98 Å². The van der Waals surface area contributed by atoms with Crippen LogP contribution in [0.15, 0.2) is 65.8 Å². The lowest BCUT2D eigenvalue weighted by Crippen LogP contribution is -2.25. The first-order valence-corrected chi connectivity index (χ1v) is 10.9. The van der Waals surface area contributed by atoms with E-state index in [9.17, 15) is 4.79 Å². The number of anilines is 1. The monoisotopic (exact) mass is 461 g/mol. The SMILES string of the molecule is COc1cc(OC)cc(C(=O)N(/N=C/c2ccc(C)cc2)c2nc3ccc(OC)cc3s2)c1. The topological polar surface area (TPSA) is 73.3 Å². The second kappa shape index (κ2) is 9.70. The summed E-state index contributed by atoms with van der Waals surface area (Å²) in [6, 6.07) is 18.5. The predicted octanol–water partition coefficient (Wildman–Crippen LogP) is 5.31. The number of carbonyl (C=O) groups excluding carboxylic acids is 1. The van der Waals surface area contributed by atoms with Crippen LogP contribution in [0.3, 0.4) is 0 Å². The lowest BCUT2D eigenvalue weighted by molar-refractivity contribution is 0.0987. The van der Waals surface area contributed by atoms with Gasteiger partial charge in [0.25, 0.3) is 5.91 Å². The zero-order chi connectivity index (χ0) is 23.4. The Bertz CT molecular complexity index is 1290. The van der Waals surface area contributed by atoms with Crippen LogP contribution in [0.25, 0.3) is 10.2 Å². The van der Waals surface area contributed by atoms with Gasteiger partial charge in [-0.15, -0.1) is 0 Å². The smallest absolute Gasteiger partial charge is 0.281 e. The highest BCUT2D eigenvalue weighted by atomic mass is 32.1. The van der Waals surface area contributed by atoms with Gasteiger partial charge in [0.1, 0.15) is 17.2 Å². The number of hydrogen-bond donors (Lipinski definition) is 0. The van der Waals surface area contributed by atoms with Crippen LogP contribution in [0, 0.1) is 6.92 Å². The number of nitrogens with zero attached hydrogens (tertiary/aromatic N) is 3. The fourth-order valence-corrected chi connectivity index (χ4v) is 4.08. The molecule has 4 aromatic rings. The summed E-state index contributed by atoms with van der Waals surface area (Å²) >= 11 is 1.35. The largest absolute Gasteiger partial charge is 0.497 e. The van der Waals surface area contributed by atoms with Crippen molar-refractivity contribution in [3.8, 4) is 17.2 Å². The van der Waals surface area contributed by atoms with Crippen LogP contribution in [0.4, 0.5) is 5.13 Å². The van der Waals surface area contributed by atoms with Gasteiger partial charge in [0, 0.05) is 11.6 Å². The quantitative estimate of drug-likeness (QED) is 0.275. The molecule has 3 aromatic carbocycles. The Morgan fingerprint density at radius 1 is 0.909 bits per heavy atom. The Hall–Kier alpha value is -3.91. The first kappa shape index (κ1) is 22.3. The molecule has 33 heavy (non-hydrogen) atoms. The van der Waals surface area contributed by atoms with E-state index in [2.05, 4.69) is 10.1 Å². The van der Waals surface area contributed by atoms with Crippen molar-refractivity contribution >= 4 is 38.8 Å². The Kier molecular flexibility index (Phi) is 6.55. The lowest BCUT2D eigenvalue weighted by Gasteiger charge is -2.15. The molecule has 0 saturated heterocycles. The van der Waals surface area contributed by atoms with Crippen molar-refractivity contribution in [2.75, 3.05) is 26.3 Å². The molecule has 1 amide bonds. The molecular formula is C25H23N3O4S. The van der Waals surface area contributed by atoms with Gasteiger partial charge in [0.15, 0.2) is 0 Å². The summed E-state index contributed by atoms with van der Waals surface area (Å²) in [6.07, 6.45) is 1.64. The molecule has 0 bridgehead atoms. The van der Waals surface area contributed by atoms with Crippen molar-refractivity contribution in [3.05, 3.63) is 77.4 Å². The number of fused-ring (bicyclic) bond motifs is 1. The number of rotatable bonds is 7. The lowest BCUT2D eigenvalue weighted by atomic mass is 10.2. The second-order valence-electron chi connectivity index (χ2n) is 7.20. The van der Waals surface area contributed by atoms with E-state index in [1.165, 1.54) is 30.6 Å². The van der Waals surface area contributed by atoms with Crippen LogP contribution >= 0.6 is 11.3 Å². The minimum absolute atomic E-state index is 0.360. The van der Waals surface area contributed by atoms with E-state index in [0.717, 1.165) is 27.1 Å². The van der Waals surface area contributed by atoms with E-state index in [-0.39, 0.29) is 5.91 Å². The maximum absolute atomic E-state index is 13.6. The summed E-state index contributed by atoms with van der Waals surface area (Å²) in [7, 11) is 4.69. The highest BCUT2D eigenvalue weighted by Crippen LogP contribution is 2.33. The molecular weight excluding hydrogens is 438 g/mol. The highest BCUT2D eigenvalue weighted by Gasteiger charge is 2.22. The summed E-state index contributed by atoms with van der Waals surface area (Å²) < 4.78 is 16.9. The van der Waals surface area contributed by atoms with Crippen LogP contribution in [-0.2, 0) is 0 Å². The molecule has 0 atom stereocenters. The number of amides is 1. The molecule has 4 rings (SSSR count).